The smallest absolute Gasteiger partial charge is 0.191 e. The minimum Gasteiger partial charge on any atom is -0.377 e. The molecule has 142 valence electrons. The highest BCUT2D eigenvalue weighted by atomic mass is 127. The van der Waals surface area contributed by atoms with Crippen LogP contribution in [0, 0.1) is 0 Å². The van der Waals surface area contributed by atoms with Crippen molar-refractivity contribution in [1.29, 1.82) is 0 Å². The lowest BCUT2D eigenvalue weighted by Crippen LogP contribution is -2.43. The zero-order valence-electron chi connectivity index (χ0n) is 15.6. The number of hydrogen-bond donors (Lipinski definition) is 2. The van der Waals surface area contributed by atoms with E-state index in [1.54, 1.807) is 0 Å². The van der Waals surface area contributed by atoms with Crippen molar-refractivity contribution in [3.8, 4) is 0 Å². The Balaban J connectivity index is 0.00000312. The summed E-state index contributed by atoms with van der Waals surface area (Å²) in [5.41, 5.74) is 2.50. The molecule has 0 aromatic heterocycles. The van der Waals surface area contributed by atoms with E-state index >= 15 is 0 Å². The lowest BCUT2D eigenvalue weighted by atomic mass is 10.1. The summed E-state index contributed by atoms with van der Waals surface area (Å²) < 4.78 is 6.03. The van der Waals surface area contributed by atoms with Crippen molar-refractivity contribution in [1.82, 2.24) is 10.6 Å². The molecule has 1 aromatic rings. The summed E-state index contributed by atoms with van der Waals surface area (Å²) in [7, 11) is 1.83. The Bertz CT molecular complexity index is 533. The Kier molecular flexibility index (Phi) is 10.8. The molecule has 1 heterocycles. The molecule has 1 aliphatic rings. The van der Waals surface area contributed by atoms with Crippen molar-refractivity contribution in [2.45, 2.75) is 51.0 Å². The van der Waals surface area contributed by atoms with Crippen molar-refractivity contribution >= 4 is 41.7 Å². The highest BCUT2D eigenvalue weighted by Gasteiger charge is 2.29. The molecule has 0 spiro atoms. The van der Waals surface area contributed by atoms with E-state index < -0.39 is 0 Å². The average molecular weight is 477 g/mol. The van der Waals surface area contributed by atoms with Crippen LogP contribution < -0.4 is 10.6 Å². The third-order valence-electron chi connectivity index (χ3n) is 4.32. The summed E-state index contributed by atoms with van der Waals surface area (Å²) in [5.74, 6) is 2.14. The van der Waals surface area contributed by atoms with E-state index in [1.165, 1.54) is 29.7 Å². The van der Waals surface area contributed by atoms with Gasteiger partial charge in [0.05, 0.1) is 6.61 Å². The molecule has 2 N–H and O–H groups in total. The van der Waals surface area contributed by atoms with Gasteiger partial charge in [-0.15, -0.1) is 24.0 Å². The van der Waals surface area contributed by atoms with E-state index in [4.69, 9.17) is 4.74 Å². The fourth-order valence-corrected chi connectivity index (χ4v) is 4.09. The number of halogens is 1. The van der Waals surface area contributed by atoms with Gasteiger partial charge in [-0.25, -0.2) is 0 Å². The Morgan fingerprint density at radius 1 is 1.28 bits per heavy atom. The maximum atomic E-state index is 5.69. The minimum absolute atomic E-state index is 0. The van der Waals surface area contributed by atoms with Gasteiger partial charge in [0, 0.05) is 31.5 Å². The predicted octanol–water partition coefficient (Wildman–Crippen LogP) is 4.18. The van der Waals surface area contributed by atoms with Gasteiger partial charge in [0.15, 0.2) is 5.96 Å². The van der Waals surface area contributed by atoms with E-state index in [2.05, 4.69) is 65.5 Å². The molecule has 1 atom stereocenters. The monoisotopic (exact) mass is 477 g/mol. The molecule has 4 nitrogen and oxygen atoms in total. The normalized spacial score (nSPS) is 20.2. The number of rotatable bonds is 8. The fraction of sp³-hybridized carbons (Fsp3) is 0.632. The molecule has 2 rings (SSSR count). The van der Waals surface area contributed by atoms with Crippen LogP contribution >= 0.6 is 35.7 Å². The summed E-state index contributed by atoms with van der Waals surface area (Å²) in [5, 5.41) is 6.91. The van der Waals surface area contributed by atoms with Crippen LogP contribution in [-0.4, -0.2) is 36.7 Å². The molecule has 6 heteroatoms. The Morgan fingerprint density at radius 3 is 2.68 bits per heavy atom. The fourth-order valence-electron chi connectivity index (χ4n) is 2.84. The SMILES string of the molecule is CCCOCc1ccccc1CNC(=NC)NCC1(C)CCCS1.I. The lowest BCUT2D eigenvalue weighted by Gasteiger charge is -2.24. The molecule has 1 unspecified atom stereocenters. The summed E-state index contributed by atoms with van der Waals surface area (Å²) in [6.45, 7) is 7.67. The molecule has 25 heavy (non-hydrogen) atoms. The van der Waals surface area contributed by atoms with Gasteiger partial charge in [-0.05, 0) is 43.1 Å². The van der Waals surface area contributed by atoms with E-state index in [1.807, 2.05) is 7.05 Å². The summed E-state index contributed by atoms with van der Waals surface area (Å²) in [4.78, 5) is 4.35. The number of nitrogens with one attached hydrogen (secondary N) is 2. The zero-order chi connectivity index (χ0) is 17.3. The maximum Gasteiger partial charge on any atom is 0.191 e. The van der Waals surface area contributed by atoms with Crippen LogP contribution in [0.3, 0.4) is 0 Å². The second-order valence-electron chi connectivity index (χ2n) is 6.50. The number of benzene rings is 1. The van der Waals surface area contributed by atoms with Crippen LogP contribution in [0.2, 0.25) is 0 Å². The standard InChI is InChI=1S/C19H31N3OS.HI/c1-4-11-23-14-17-9-6-5-8-16(17)13-21-18(20-3)22-15-19(2)10-7-12-24-19;/h5-6,8-9H,4,7,10-15H2,1-3H3,(H2,20,21,22);1H. The molecular weight excluding hydrogens is 445 g/mol. The van der Waals surface area contributed by atoms with Crippen LogP contribution in [0.5, 0.6) is 0 Å². The largest absolute Gasteiger partial charge is 0.377 e. The highest BCUT2D eigenvalue weighted by molar-refractivity contribution is 14.0. The number of hydrogen-bond acceptors (Lipinski definition) is 3. The first-order chi connectivity index (χ1) is 11.7. The van der Waals surface area contributed by atoms with Gasteiger partial charge >= 0.3 is 0 Å². The second kappa shape index (κ2) is 12.0. The van der Waals surface area contributed by atoms with Crippen molar-refractivity contribution in [3.63, 3.8) is 0 Å². The van der Waals surface area contributed by atoms with E-state index in [9.17, 15) is 0 Å². The van der Waals surface area contributed by atoms with Gasteiger partial charge in [-0.2, -0.15) is 11.8 Å². The second-order valence-corrected chi connectivity index (χ2v) is 8.19. The van der Waals surface area contributed by atoms with Gasteiger partial charge < -0.3 is 15.4 Å². The van der Waals surface area contributed by atoms with Crippen LogP contribution in [0.1, 0.15) is 44.2 Å². The Hall–Kier alpha value is -0.470. The van der Waals surface area contributed by atoms with Crippen LogP contribution in [-0.2, 0) is 17.9 Å². The number of nitrogens with zero attached hydrogens (tertiary/aromatic N) is 1. The third-order valence-corrected chi connectivity index (χ3v) is 5.86. The topological polar surface area (TPSA) is 45.6 Å². The summed E-state index contributed by atoms with van der Waals surface area (Å²) in [6.07, 6.45) is 3.65. The van der Waals surface area contributed by atoms with Crippen molar-refractivity contribution in [2.75, 3.05) is 26.0 Å². The molecule has 0 radical (unpaired) electrons. The van der Waals surface area contributed by atoms with E-state index in [-0.39, 0.29) is 24.0 Å². The first-order valence-electron chi connectivity index (χ1n) is 8.90. The van der Waals surface area contributed by atoms with Crippen molar-refractivity contribution in [2.24, 2.45) is 4.99 Å². The molecule has 0 aliphatic carbocycles. The molecule has 0 saturated carbocycles. The molecule has 1 fully saturated rings. The van der Waals surface area contributed by atoms with Crippen LogP contribution in [0.4, 0.5) is 0 Å². The molecule has 1 aromatic carbocycles. The predicted molar refractivity (Wildman–Crippen MR) is 120 cm³/mol. The van der Waals surface area contributed by atoms with Gasteiger partial charge in [-0.3, -0.25) is 4.99 Å². The first-order valence-corrected chi connectivity index (χ1v) is 9.88. The van der Waals surface area contributed by atoms with Gasteiger partial charge in [0.1, 0.15) is 0 Å². The third kappa shape index (κ3) is 7.74. The summed E-state index contributed by atoms with van der Waals surface area (Å²) >= 11 is 2.06. The zero-order valence-corrected chi connectivity index (χ0v) is 18.8. The average Bonchev–Trinajstić information content (AvgIpc) is 3.03. The number of aliphatic imine (C=N–C) groups is 1. The highest BCUT2D eigenvalue weighted by Crippen LogP contribution is 2.36. The van der Waals surface area contributed by atoms with Gasteiger partial charge in [0.2, 0.25) is 0 Å². The van der Waals surface area contributed by atoms with Crippen molar-refractivity contribution < 1.29 is 4.74 Å². The van der Waals surface area contributed by atoms with Gasteiger partial charge in [-0.1, -0.05) is 31.2 Å². The molecule has 1 saturated heterocycles. The Morgan fingerprint density at radius 2 is 2.04 bits per heavy atom. The molecular formula is C19H32IN3OS. The lowest BCUT2D eigenvalue weighted by molar-refractivity contribution is 0.121. The first kappa shape index (κ1) is 22.6. The minimum atomic E-state index is 0. The van der Waals surface area contributed by atoms with Crippen molar-refractivity contribution in [3.05, 3.63) is 35.4 Å². The number of ether oxygens (including phenoxy) is 1. The number of guanidine groups is 1. The number of thioether (sulfide) groups is 1. The molecule has 0 bridgehead atoms. The Labute approximate surface area is 174 Å². The van der Waals surface area contributed by atoms with Gasteiger partial charge in [0.25, 0.3) is 0 Å². The van der Waals surface area contributed by atoms with Crippen LogP contribution in [0.15, 0.2) is 29.3 Å². The maximum absolute atomic E-state index is 5.69. The molecule has 0 amide bonds. The summed E-state index contributed by atoms with van der Waals surface area (Å²) in [6, 6.07) is 8.43. The van der Waals surface area contributed by atoms with E-state index in [0.717, 1.165) is 32.1 Å². The van der Waals surface area contributed by atoms with Crippen LogP contribution in [0.25, 0.3) is 0 Å². The van der Waals surface area contributed by atoms with E-state index in [0.29, 0.717) is 11.4 Å². The molecule has 1 aliphatic heterocycles. The quantitative estimate of drug-likeness (QED) is 0.255.